The van der Waals surface area contributed by atoms with Crippen molar-refractivity contribution >= 4 is 46.3 Å². The second-order valence-electron chi connectivity index (χ2n) is 7.53. The van der Waals surface area contributed by atoms with Crippen molar-refractivity contribution in [2.45, 2.75) is 42.0 Å². The zero-order chi connectivity index (χ0) is 22.8. The molecule has 2 aromatic carbocycles. The number of hydrogen-bond acceptors (Lipinski definition) is 7. The third-order valence-electron chi connectivity index (χ3n) is 4.87. The molecule has 0 atom stereocenters. The van der Waals surface area contributed by atoms with E-state index in [0.717, 1.165) is 24.1 Å². The van der Waals surface area contributed by atoms with Crippen molar-refractivity contribution in [3.8, 4) is 0 Å². The Morgan fingerprint density at radius 2 is 1.84 bits per heavy atom. The van der Waals surface area contributed by atoms with Crippen molar-refractivity contribution < 1.29 is 14.5 Å². The highest BCUT2D eigenvalue weighted by Crippen LogP contribution is 2.37. The standard InChI is InChI=1S/C22H20N4O4S2/c1-12-3-4-14(20(27)24-16-6-7-16)9-17(12)25-21(28)15-5-8-19(18(10-15)26(29)30)32-22-23-13(2)11-31-22/h3-5,8-11,16H,6-7H2,1-2H3,(H,24,27)(H,25,28). The van der Waals surface area contributed by atoms with E-state index in [1.54, 1.807) is 30.3 Å². The molecule has 32 heavy (non-hydrogen) atoms. The number of amides is 2. The molecule has 1 aliphatic carbocycles. The predicted octanol–water partition coefficient (Wildman–Crippen LogP) is 4.96. The van der Waals surface area contributed by atoms with E-state index in [4.69, 9.17) is 0 Å². The third kappa shape index (κ3) is 5.14. The Bertz CT molecular complexity index is 1220. The van der Waals surface area contributed by atoms with Crippen molar-refractivity contribution in [1.29, 1.82) is 0 Å². The summed E-state index contributed by atoms with van der Waals surface area (Å²) in [6.45, 7) is 3.67. The zero-order valence-corrected chi connectivity index (χ0v) is 19.0. The predicted molar refractivity (Wildman–Crippen MR) is 124 cm³/mol. The van der Waals surface area contributed by atoms with Crippen LogP contribution in [0.5, 0.6) is 0 Å². The Balaban J connectivity index is 1.54. The van der Waals surface area contributed by atoms with E-state index in [1.165, 1.54) is 29.2 Å². The smallest absolute Gasteiger partial charge is 0.284 e. The summed E-state index contributed by atoms with van der Waals surface area (Å²) in [7, 11) is 0. The lowest BCUT2D eigenvalue weighted by Gasteiger charge is -2.11. The Hall–Kier alpha value is -3.24. The molecule has 0 radical (unpaired) electrons. The van der Waals surface area contributed by atoms with Gasteiger partial charge < -0.3 is 10.6 Å². The summed E-state index contributed by atoms with van der Waals surface area (Å²) in [5.74, 6) is -0.671. The Morgan fingerprint density at radius 1 is 1.12 bits per heavy atom. The first-order valence-electron chi connectivity index (χ1n) is 9.91. The van der Waals surface area contributed by atoms with Crippen LogP contribution < -0.4 is 10.6 Å². The third-order valence-corrected chi connectivity index (χ3v) is 7.00. The van der Waals surface area contributed by atoms with Gasteiger partial charge in [0.15, 0.2) is 4.34 Å². The van der Waals surface area contributed by atoms with Gasteiger partial charge in [0.25, 0.3) is 17.5 Å². The maximum absolute atomic E-state index is 12.8. The summed E-state index contributed by atoms with van der Waals surface area (Å²) < 4.78 is 0.694. The molecule has 0 unspecified atom stereocenters. The van der Waals surface area contributed by atoms with Crippen molar-refractivity contribution in [3.05, 3.63) is 74.3 Å². The molecule has 1 saturated carbocycles. The van der Waals surface area contributed by atoms with E-state index in [-0.39, 0.29) is 23.2 Å². The minimum atomic E-state index is -0.506. The number of nitro benzene ring substituents is 1. The first-order valence-corrected chi connectivity index (χ1v) is 11.6. The van der Waals surface area contributed by atoms with Gasteiger partial charge in [0.05, 0.1) is 9.82 Å². The molecule has 164 valence electrons. The summed E-state index contributed by atoms with van der Waals surface area (Å²) in [5, 5.41) is 19.2. The fourth-order valence-corrected chi connectivity index (χ4v) is 4.83. The molecule has 10 heteroatoms. The molecule has 2 amide bonds. The van der Waals surface area contributed by atoms with E-state index < -0.39 is 10.8 Å². The summed E-state index contributed by atoms with van der Waals surface area (Å²) >= 11 is 2.60. The second-order valence-corrected chi connectivity index (χ2v) is 9.68. The number of thiazole rings is 1. The number of nitrogens with one attached hydrogen (secondary N) is 2. The first-order chi connectivity index (χ1) is 15.3. The number of aromatic nitrogens is 1. The fourth-order valence-electron chi connectivity index (χ4n) is 2.95. The topological polar surface area (TPSA) is 114 Å². The number of hydrogen-bond donors (Lipinski definition) is 2. The lowest BCUT2D eigenvalue weighted by Crippen LogP contribution is -2.25. The Kier molecular flexibility index (Phi) is 6.24. The number of anilines is 1. The fraction of sp³-hybridized carbons (Fsp3) is 0.227. The molecule has 0 bridgehead atoms. The van der Waals surface area contributed by atoms with Crippen molar-refractivity contribution in [2.75, 3.05) is 5.32 Å². The van der Waals surface area contributed by atoms with Gasteiger partial charge in [0.1, 0.15) is 0 Å². The number of carbonyl (C=O) groups excluding carboxylic acids is 2. The van der Waals surface area contributed by atoms with E-state index in [2.05, 4.69) is 15.6 Å². The molecule has 4 rings (SSSR count). The van der Waals surface area contributed by atoms with Crippen LogP contribution in [-0.2, 0) is 0 Å². The van der Waals surface area contributed by atoms with Gasteiger partial charge in [0, 0.05) is 40.0 Å². The van der Waals surface area contributed by atoms with Gasteiger partial charge in [-0.25, -0.2) is 4.98 Å². The van der Waals surface area contributed by atoms with Gasteiger partial charge >= 0.3 is 0 Å². The Morgan fingerprint density at radius 3 is 2.50 bits per heavy atom. The molecular weight excluding hydrogens is 448 g/mol. The van der Waals surface area contributed by atoms with Gasteiger partial charge in [-0.1, -0.05) is 17.8 Å². The monoisotopic (exact) mass is 468 g/mol. The molecule has 1 aliphatic rings. The first kappa shape index (κ1) is 22.0. The molecule has 2 N–H and O–H groups in total. The van der Waals surface area contributed by atoms with Crippen LogP contribution in [0.3, 0.4) is 0 Å². The van der Waals surface area contributed by atoms with E-state index in [9.17, 15) is 19.7 Å². The summed E-state index contributed by atoms with van der Waals surface area (Å²) in [6.07, 6.45) is 1.97. The van der Waals surface area contributed by atoms with Gasteiger partial charge in [-0.15, -0.1) is 11.3 Å². The van der Waals surface area contributed by atoms with Crippen LogP contribution in [-0.4, -0.2) is 27.8 Å². The van der Waals surface area contributed by atoms with Crippen LogP contribution in [0.25, 0.3) is 0 Å². The molecule has 1 fully saturated rings. The molecule has 3 aromatic rings. The average molecular weight is 469 g/mol. The number of rotatable bonds is 7. The summed E-state index contributed by atoms with van der Waals surface area (Å²) in [6, 6.07) is 9.68. The minimum absolute atomic E-state index is 0.156. The summed E-state index contributed by atoms with van der Waals surface area (Å²) in [5.41, 5.74) is 2.56. The normalized spacial score (nSPS) is 12.9. The number of nitro groups is 1. The van der Waals surface area contributed by atoms with Crippen LogP contribution in [0.2, 0.25) is 0 Å². The number of benzene rings is 2. The van der Waals surface area contributed by atoms with Crippen LogP contribution in [0, 0.1) is 24.0 Å². The lowest BCUT2D eigenvalue weighted by atomic mass is 10.1. The number of nitrogens with zero attached hydrogens (tertiary/aromatic N) is 2. The van der Waals surface area contributed by atoms with Crippen molar-refractivity contribution in [1.82, 2.24) is 10.3 Å². The largest absolute Gasteiger partial charge is 0.349 e. The SMILES string of the molecule is Cc1csc(Sc2ccc(C(=O)Nc3cc(C(=O)NC4CC4)ccc3C)cc2[N+](=O)[O-])n1. The highest BCUT2D eigenvalue weighted by molar-refractivity contribution is 8.01. The molecule has 0 spiro atoms. The molecule has 0 aliphatic heterocycles. The molecule has 1 aromatic heterocycles. The number of aryl methyl sites for hydroxylation is 2. The maximum Gasteiger partial charge on any atom is 0.284 e. The second kappa shape index (κ2) is 9.09. The highest BCUT2D eigenvalue weighted by atomic mass is 32.2. The van der Waals surface area contributed by atoms with Crippen molar-refractivity contribution in [2.24, 2.45) is 0 Å². The molecular formula is C22H20N4O4S2. The van der Waals surface area contributed by atoms with Crippen LogP contribution >= 0.6 is 23.1 Å². The van der Waals surface area contributed by atoms with Crippen molar-refractivity contribution in [3.63, 3.8) is 0 Å². The molecule has 0 saturated heterocycles. The Labute approximate surface area is 192 Å². The zero-order valence-electron chi connectivity index (χ0n) is 17.4. The van der Waals surface area contributed by atoms with Gasteiger partial charge in [-0.05, 0) is 56.5 Å². The van der Waals surface area contributed by atoms with Crippen LogP contribution in [0.1, 0.15) is 44.8 Å². The quantitative estimate of drug-likeness (QED) is 0.374. The average Bonchev–Trinajstić information content (AvgIpc) is 3.48. The van der Waals surface area contributed by atoms with Gasteiger partial charge in [-0.2, -0.15) is 0 Å². The van der Waals surface area contributed by atoms with E-state index in [0.29, 0.717) is 20.5 Å². The van der Waals surface area contributed by atoms with E-state index in [1.807, 2.05) is 19.2 Å². The lowest BCUT2D eigenvalue weighted by molar-refractivity contribution is -0.387. The van der Waals surface area contributed by atoms with E-state index >= 15 is 0 Å². The molecule has 1 heterocycles. The minimum Gasteiger partial charge on any atom is -0.349 e. The molecule has 8 nitrogen and oxygen atoms in total. The van der Waals surface area contributed by atoms with Gasteiger partial charge in [0.2, 0.25) is 0 Å². The number of carbonyl (C=O) groups is 2. The van der Waals surface area contributed by atoms with Crippen LogP contribution in [0.15, 0.2) is 51.0 Å². The maximum atomic E-state index is 12.8. The van der Waals surface area contributed by atoms with Crippen LogP contribution in [0.4, 0.5) is 11.4 Å². The highest BCUT2D eigenvalue weighted by Gasteiger charge is 2.24. The van der Waals surface area contributed by atoms with Gasteiger partial charge in [-0.3, -0.25) is 19.7 Å². The summed E-state index contributed by atoms with van der Waals surface area (Å²) in [4.78, 5) is 41.0.